The van der Waals surface area contributed by atoms with Gasteiger partial charge in [-0.2, -0.15) is 0 Å². The van der Waals surface area contributed by atoms with Gasteiger partial charge in [-0.3, -0.25) is 0 Å². The number of nitrogens with zero attached hydrogens (tertiary/aromatic N) is 1. The van der Waals surface area contributed by atoms with Gasteiger partial charge in [-0.05, 0) is 40.4 Å². The second-order valence-corrected chi connectivity index (χ2v) is 7.03. The lowest BCUT2D eigenvalue weighted by molar-refractivity contribution is 0.888. The van der Waals surface area contributed by atoms with Crippen LogP contribution in [0.25, 0.3) is 11.3 Å². The lowest BCUT2D eigenvalue weighted by Crippen LogP contribution is -1.89. The van der Waals surface area contributed by atoms with E-state index < -0.39 is 0 Å². The van der Waals surface area contributed by atoms with Crippen LogP contribution in [-0.2, 0) is 0 Å². The Morgan fingerprint density at radius 1 is 1.35 bits per heavy atom. The van der Waals surface area contributed by atoms with E-state index in [2.05, 4.69) is 40.8 Å². The topological polar surface area (TPSA) is 12.9 Å². The van der Waals surface area contributed by atoms with Crippen molar-refractivity contribution in [3.05, 3.63) is 37.6 Å². The molecule has 0 N–H and O–H groups in total. The van der Waals surface area contributed by atoms with Crippen molar-refractivity contribution in [1.82, 2.24) is 4.98 Å². The summed E-state index contributed by atoms with van der Waals surface area (Å²) in [6.45, 7) is 6.38. The number of aromatic nitrogens is 1. The average molecular weight is 331 g/mol. The van der Waals surface area contributed by atoms with Crippen molar-refractivity contribution < 1.29 is 0 Å². The molecule has 17 heavy (non-hydrogen) atoms. The maximum Gasteiger partial charge on any atom is 0.160 e. The summed E-state index contributed by atoms with van der Waals surface area (Å²) in [6, 6.07) is 6.10. The van der Waals surface area contributed by atoms with Crippen molar-refractivity contribution in [2.45, 2.75) is 26.7 Å². The minimum absolute atomic E-state index is 0.450. The fourth-order valence-corrected chi connectivity index (χ4v) is 3.53. The summed E-state index contributed by atoms with van der Waals surface area (Å²) in [7, 11) is 0. The van der Waals surface area contributed by atoms with Gasteiger partial charge >= 0.3 is 0 Å². The quantitative estimate of drug-likeness (QED) is 0.692. The van der Waals surface area contributed by atoms with E-state index >= 15 is 0 Å². The van der Waals surface area contributed by atoms with Gasteiger partial charge in [0, 0.05) is 10.4 Å². The zero-order chi connectivity index (χ0) is 12.6. The highest BCUT2D eigenvalue weighted by atomic mass is 79.9. The van der Waals surface area contributed by atoms with Crippen molar-refractivity contribution in [2.24, 2.45) is 0 Å². The van der Waals surface area contributed by atoms with Crippen molar-refractivity contribution in [3.8, 4) is 11.3 Å². The number of halogens is 2. The predicted octanol–water partition coefficient (Wildman–Crippen LogP) is 5.66. The van der Waals surface area contributed by atoms with E-state index in [1.807, 2.05) is 19.1 Å². The van der Waals surface area contributed by atoms with Gasteiger partial charge in [0.1, 0.15) is 0 Å². The second kappa shape index (κ2) is 5.09. The number of benzene rings is 1. The zero-order valence-corrected chi connectivity index (χ0v) is 13.1. The fraction of sp³-hybridized carbons (Fsp3) is 0.308. The van der Waals surface area contributed by atoms with Crippen molar-refractivity contribution >= 4 is 38.9 Å². The van der Waals surface area contributed by atoms with Crippen LogP contribution in [0, 0.1) is 6.92 Å². The van der Waals surface area contributed by atoms with Crippen LogP contribution >= 0.6 is 38.9 Å². The third-order valence-electron chi connectivity index (χ3n) is 2.53. The summed E-state index contributed by atoms with van der Waals surface area (Å²) in [4.78, 5) is 5.81. The first-order valence-corrected chi connectivity index (χ1v) is 7.40. The lowest BCUT2D eigenvalue weighted by Gasteiger charge is -2.07. The van der Waals surface area contributed by atoms with Gasteiger partial charge in [0.05, 0.1) is 10.7 Å². The smallest absolute Gasteiger partial charge is 0.160 e. The first kappa shape index (κ1) is 13.1. The average Bonchev–Trinajstić information content (AvgIpc) is 2.60. The molecule has 0 amide bonds. The fourth-order valence-electron chi connectivity index (χ4n) is 1.70. The van der Waals surface area contributed by atoms with Crippen LogP contribution < -0.4 is 0 Å². The summed E-state index contributed by atoms with van der Waals surface area (Å²) >= 11 is 11.4. The van der Waals surface area contributed by atoms with Crippen molar-refractivity contribution in [1.29, 1.82) is 0 Å². The molecule has 0 bridgehead atoms. The van der Waals surface area contributed by atoms with E-state index in [9.17, 15) is 0 Å². The minimum Gasteiger partial charge on any atom is -0.229 e. The van der Waals surface area contributed by atoms with E-state index in [-0.39, 0.29) is 0 Å². The molecule has 0 unspecified atom stereocenters. The monoisotopic (exact) mass is 329 g/mol. The van der Waals surface area contributed by atoms with E-state index in [0.717, 1.165) is 20.2 Å². The first-order valence-electron chi connectivity index (χ1n) is 5.41. The highest BCUT2D eigenvalue weighted by molar-refractivity contribution is 9.11. The Hall–Kier alpha value is -0.380. The van der Waals surface area contributed by atoms with Crippen LogP contribution in [0.1, 0.15) is 30.2 Å². The highest BCUT2D eigenvalue weighted by Crippen LogP contribution is 2.38. The van der Waals surface area contributed by atoms with Gasteiger partial charge in [-0.1, -0.05) is 37.6 Å². The van der Waals surface area contributed by atoms with E-state index in [0.29, 0.717) is 5.92 Å². The molecular weight excluding hydrogens is 318 g/mol. The Kier molecular flexibility index (Phi) is 3.91. The van der Waals surface area contributed by atoms with Crippen LogP contribution in [0.15, 0.2) is 22.1 Å². The molecule has 0 aliphatic carbocycles. The summed E-state index contributed by atoms with van der Waals surface area (Å²) in [5.41, 5.74) is 3.18. The second-order valence-electron chi connectivity index (χ2n) is 4.32. The predicted molar refractivity (Wildman–Crippen MR) is 79.1 cm³/mol. The lowest BCUT2D eigenvalue weighted by atomic mass is 10.0. The van der Waals surface area contributed by atoms with Gasteiger partial charge in [0.25, 0.3) is 0 Å². The van der Waals surface area contributed by atoms with Gasteiger partial charge in [-0.25, -0.2) is 4.98 Å². The molecular formula is C13H13BrClNS. The Morgan fingerprint density at radius 3 is 2.65 bits per heavy atom. The van der Waals surface area contributed by atoms with Gasteiger partial charge in [-0.15, -0.1) is 11.3 Å². The number of hydrogen-bond acceptors (Lipinski definition) is 2. The molecule has 0 aliphatic heterocycles. The van der Waals surface area contributed by atoms with Gasteiger partial charge in [0.15, 0.2) is 3.92 Å². The molecule has 4 heteroatoms. The molecule has 1 aromatic heterocycles. The maximum atomic E-state index is 6.30. The molecule has 1 heterocycles. The Morgan fingerprint density at radius 2 is 2.06 bits per heavy atom. The third kappa shape index (κ3) is 2.72. The van der Waals surface area contributed by atoms with Gasteiger partial charge < -0.3 is 0 Å². The van der Waals surface area contributed by atoms with Crippen LogP contribution in [0.4, 0.5) is 0 Å². The van der Waals surface area contributed by atoms with E-state index in [1.54, 1.807) is 11.3 Å². The Bertz CT molecular complexity index is 548. The van der Waals surface area contributed by atoms with E-state index in [1.165, 1.54) is 10.4 Å². The minimum atomic E-state index is 0.450. The normalized spacial score (nSPS) is 11.2. The molecule has 1 nitrogen and oxygen atoms in total. The summed E-state index contributed by atoms with van der Waals surface area (Å²) in [6.07, 6.45) is 0. The molecule has 0 spiro atoms. The zero-order valence-electron chi connectivity index (χ0n) is 9.92. The summed E-state index contributed by atoms with van der Waals surface area (Å²) < 4.78 is 0.910. The molecule has 0 atom stereocenters. The molecule has 2 aromatic rings. The number of aryl methyl sites for hydroxylation is 1. The molecule has 0 aliphatic rings. The van der Waals surface area contributed by atoms with Gasteiger partial charge in [0.2, 0.25) is 0 Å². The first-order chi connectivity index (χ1) is 7.99. The molecule has 0 fully saturated rings. The van der Waals surface area contributed by atoms with Crippen LogP contribution in [0.2, 0.25) is 5.02 Å². The molecule has 90 valence electrons. The van der Waals surface area contributed by atoms with Crippen LogP contribution in [0.5, 0.6) is 0 Å². The third-order valence-corrected chi connectivity index (χ3v) is 4.65. The molecule has 0 saturated heterocycles. The number of rotatable bonds is 2. The van der Waals surface area contributed by atoms with Crippen LogP contribution in [0.3, 0.4) is 0 Å². The van der Waals surface area contributed by atoms with Crippen molar-refractivity contribution in [3.63, 3.8) is 0 Å². The summed E-state index contributed by atoms with van der Waals surface area (Å²) in [5, 5.41) is 0.768. The SMILES string of the molecule is Cc1ccc(-c2nc(Br)sc2C(C)C)c(Cl)c1. The van der Waals surface area contributed by atoms with Crippen LogP contribution in [-0.4, -0.2) is 4.98 Å². The molecule has 2 rings (SSSR count). The number of hydrogen-bond donors (Lipinski definition) is 0. The Balaban J connectivity index is 2.59. The molecule has 0 saturated carbocycles. The molecule has 1 aromatic carbocycles. The largest absolute Gasteiger partial charge is 0.229 e. The molecule has 0 radical (unpaired) electrons. The standard InChI is InChI=1S/C13H13BrClNS/c1-7(2)12-11(16-13(14)17-12)9-5-4-8(3)6-10(9)15/h4-7H,1-3H3. The maximum absolute atomic E-state index is 6.30. The van der Waals surface area contributed by atoms with E-state index in [4.69, 9.17) is 11.6 Å². The summed E-state index contributed by atoms with van der Waals surface area (Å²) in [5.74, 6) is 0.450. The highest BCUT2D eigenvalue weighted by Gasteiger charge is 2.16. The number of thiazole rings is 1. The van der Waals surface area contributed by atoms with Crippen molar-refractivity contribution in [2.75, 3.05) is 0 Å². The Labute approximate surface area is 119 Å².